The van der Waals surface area contributed by atoms with Crippen molar-refractivity contribution in [2.75, 3.05) is 9.80 Å². The van der Waals surface area contributed by atoms with Crippen LogP contribution in [-0.2, 0) is 5.41 Å². The van der Waals surface area contributed by atoms with Gasteiger partial charge in [0.2, 0.25) is 0 Å². The molecule has 3 aliphatic rings. The van der Waals surface area contributed by atoms with Crippen LogP contribution in [0.15, 0.2) is 164 Å². The minimum absolute atomic E-state index is 0.0670. The van der Waals surface area contributed by atoms with E-state index >= 15 is 0 Å². The van der Waals surface area contributed by atoms with Crippen LogP contribution in [0.2, 0.25) is 0 Å². The molecule has 0 aromatic heterocycles. The van der Waals surface area contributed by atoms with Gasteiger partial charge >= 0.3 is 0 Å². The van der Waals surface area contributed by atoms with Crippen molar-refractivity contribution < 1.29 is 0 Å². The molecule has 0 saturated carbocycles. The third-order valence-corrected chi connectivity index (χ3v) is 10.9. The van der Waals surface area contributed by atoms with Gasteiger partial charge in [0, 0.05) is 40.4 Å². The third-order valence-electron chi connectivity index (χ3n) is 10.9. The monoisotopic (exact) mass is 606 g/mol. The second-order valence-electron chi connectivity index (χ2n) is 13.8. The second kappa shape index (κ2) is 10.9. The molecule has 0 spiro atoms. The molecule has 47 heavy (non-hydrogen) atoms. The lowest BCUT2D eigenvalue weighted by Gasteiger charge is -2.39. The topological polar surface area (TPSA) is 6.48 Å². The summed E-state index contributed by atoms with van der Waals surface area (Å²) in [6.07, 6.45) is 3.78. The first-order valence-electron chi connectivity index (χ1n) is 16.9. The van der Waals surface area contributed by atoms with Crippen molar-refractivity contribution in [2.24, 2.45) is 5.92 Å². The predicted octanol–water partition coefficient (Wildman–Crippen LogP) is 11.8. The highest BCUT2D eigenvalue weighted by Gasteiger charge is 2.51. The van der Waals surface area contributed by atoms with E-state index in [1.54, 1.807) is 0 Å². The van der Waals surface area contributed by atoms with Crippen LogP contribution < -0.4 is 9.80 Å². The number of nitrogens with zero attached hydrogens (tertiary/aromatic N) is 2. The van der Waals surface area contributed by atoms with Gasteiger partial charge in [-0.15, -0.1) is 0 Å². The van der Waals surface area contributed by atoms with E-state index in [1.807, 2.05) is 0 Å². The molecule has 3 unspecified atom stereocenters. The first kappa shape index (κ1) is 27.9. The maximum Gasteiger partial charge on any atom is 0.0462 e. The van der Waals surface area contributed by atoms with E-state index in [-0.39, 0.29) is 5.41 Å². The van der Waals surface area contributed by atoms with E-state index in [1.165, 1.54) is 44.8 Å². The molecule has 1 aliphatic heterocycles. The third kappa shape index (κ3) is 4.47. The molecule has 0 radical (unpaired) electrons. The fourth-order valence-corrected chi connectivity index (χ4v) is 8.66. The molecule has 0 amide bonds. The highest BCUT2D eigenvalue weighted by molar-refractivity contribution is 5.86. The molecule has 6 aromatic carbocycles. The minimum Gasteiger partial charge on any atom is -0.337 e. The lowest BCUT2D eigenvalue weighted by molar-refractivity contribution is 0.348. The van der Waals surface area contributed by atoms with Crippen molar-refractivity contribution in [1.82, 2.24) is 0 Å². The summed E-state index contributed by atoms with van der Waals surface area (Å²) in [5.74, 6) is 0.853. The molecule has 2 heteroatoms. The molecule has 0 saturated heterocycles. The van der Waals surface area contributed by atoms with Gasteiger partial charge in [-0.05, 0) is 112 Å². The van der Waals surface area contributed by atoms with Crippen LogP contribution in [0.25, 0.3) is 16.7 Å². The Morgan fingerprint density at radius 1 is 0.596 bits per heavy atom. The molecule has 2 nitrogen and oxygen atoms in total. The molecular formula is C45H38N2. The fourth-order valence-electron chi connectivity index (χ4n) is 8.66. The summed E-state index contributed by atoms with van der Waals surface area (Å²) in [4.78, 5) is 4.94. The molecule has 3 atom stereocenters. The first-order valence-corrected chi connectivity index (χ1v) is 16.9. The molecule has 2 aliphatic carbocycles. The fraction of sp³-hybridized carbons (Fsp3) is 0.156. The second-order valence-corrected chi connectivity index (χ2v) is 13.8. The number of hydrogen-bond acceptors (Lipinski definition) is 2. The van der Waals surface area contributed by atoms with E-state index < -0.39 is 0 Å². The molecule has 228 valence electrons. The Morgan fingerprint density at radius 3 is 1.85 bits per heavy atom. The van der Waals surface area contributed by atoms with E-state index in [0.717, 1.165) is 23.5 Å². The summed E-state index contributed by atoms with van der Waals surface area (Å²) >= 11 is 0. The van der Waals surface area contributed by atoms with Crippen molar-refractivity contribution in [3.8, 4) is 11.1 Å². The van der Waals surface area contributed by atoms with Gasteiger partial charge in [-0.2, -0.15) is 0 Å². The van der Waals surface area contributed by atoms with Crippen molar-refractivity contribution in [3.63, 3.8) is 0 Å². The van der Waals surface area contributed by atoms with Crippen LogP contribution >= 0.6 is 0 Å². The zero-order valence-electron chi connectivity index (χ0n) is 26.9. The van der Waals surface area contributed by atoms with Crippen LogP contribution in [0.1, 0.15) is 42.9 Å². The summed E-state index contributed by atoms with van der Waals surface area (Å²) in [7, 11) is 0. The summed E-state index contributed by atoms with van der Waals surface area (Å²) in [5, 5.41) is 0. The highest BCUT2D eigenvalue weighted by atomic mass is 15.2. The van der Waals surface area contributed by atoms with Gasteiger partial charge in [0.25, 0.3) is 0 Å². The number of para-hydroxylation sites is 4. The number of rotatable bonds is 5. The smallest absolute Gasteiger partial charge is 0.0462 e. The van der Waals surface area contributed by atoms with Crippen molar-refractivity contribution in [3.05, 3.63) is 180 Å². The van der Waals surface area contributed by atoms with Gasteiger partial charge in [0.1, 0.15) is 0 Å². The first-order chi connectivity index (χ1) is 23.1. The lowest BCUT2D eigenvalue weighted by atomic mass is 9.69. The van der Waals surface area contributed by atoms with Gasteiger partial charge in [-0.1, -0.05) is 117 Å². The maximum absolute atomic E-state index is 2.64. The SMILES string of the molecule is CC1(C)c2ccc(-c3ccc(N(c4ccccc4)c4ccccc4)cc3)cc2C2=CC3c4ccccc4N(c4ccccc4)C3CC21. The Balaban J connectivity index is 1.09. The van der Waals surface area contributed by atoms with Crippen LogP contribution in [0.3, 0.4) is 0 Å². The molecule has 1 heterocycles. The van der Waals surface area contributed by atoms with Crippen LogP contribution in [0.4, 0.5) is 28.4 Å². The van der Waals surface area contributed by atoms with E-state index in [0.29, 0.717) is 17.9 Å². The molecular weight excluding hydrogens is 569 g/mol. The van der Waals surface area contributed by atoms with E-state index in [4.69, 9.17) is 0 Å². The Morgan fingerprint density at radius 2 is 1.17 bits per heavy atom. The Hall–Kier alpha value is -5.34. The van der Waals surface area contributed by atoms with Gasteiger partial charge < -0.3 is 9.80 Å². The molecule has 0 fully saturated rings. The summed E-state index contributed by atoms with van der Waals surface area (Å²) in [6, 6.07) is 58.0. The van der Waals surface area contributed by atoms with Crippen LogP contribution in [0, 0.1) is 5.92 Å². The number of fused-ring (bicyclic) bond motifs is 6. The maximum atomic E-state index is 2.64. The van der Waals surface area contributed by atoms with Crippen LogP contribution in [0.5, 0.6) is 0 Å². The average molecular weight is 607 g/mol. The van der Waals surface area contributed by atoms with Crippen LogP contribution in [-0.4, -0.2) is 6.04 Å². The molecule has 0 N–H and O–H groups in total. The van der Waals surface area contributed by atoms with Gasteiger partial charge in [0.05, 0.1) is 0 Å². The standard InChI is InChI=1S/C45H38N2/c1-45(2)41-27-24-32(31-22-25-36(26-23-31)46(33-14-6-3-7-15-33)34-16-8-4-9-17-34)28-38(41)39-29-40-37-20-12-13-21-43(37)47(44(40)30-42(39)45)35-18-10-5-11-19-35/h3-29,40,42,44H,30H2,1-2H3. The lowest BCUT2D eigenvalue weighted by Crippen LogP contribution is -2.38. The number of anilines is 5. The van der Waals surface area contributed by atoms with E-state index in [9.17, 15) is 0 Å². The Kier molecular flexibility index (Phi) is 6.47. The number of hydrogen-bond donors (Lipinski definition) is 0. The van der Waals surface area contributed by atoms with Gasteiger partial charge in [0.15, 0.2) is 0 Å². The molecule has 0 bridgehead atoms. The molecule has 9 rings (SSSR count). The summed E-state index contributed by atoms with van der Waals surface area (Å²) in [5.41, 5.74) is 14.6. The number of benzene rings is 6. The quantitative estimate of drug-likeness (QED) is 0.193. The Bertz CT molecular complexity index is 2060. The summed E-state index contributed by atoms with van der Waals surface area (Å²) in [6.45, 7) is 4.92. The minimum atomic E-state index is 0.0670. The normalized spacial score (nSPS) is 20.1. The number of allylic oxidation sites excluding steroid dienone is 1. The Labute approximate surface area is 278 Å². The summed E-state index contributed by atoms with van der Waals surface area (Å²) < 4.78 is 0. The zero-order chi connectivity index (χ0) is 31.5. The predicted molar refractivity (Wildman–Crippen MR) is 197 cm³/mol. The zero-order valence-corrected chi connectivity index (χ0v) is 26.9. The highest BCUT2D eigenvalue weighted by Crippen LogP contribution is 2.60. The van der Waals surface area contributed by atoms with Gasteiger partial charge in [-0.25, -0.2) is 0 Å². The van der Waals surface area contributed by atoms with Gasteiger partial charge in [-0.3, -0.25) is 0 Å². The van der Waals surface area contributed by atoms with Crippen molar-refractivity contribution in [1.29, 1.82) is 0 Å². The van der Waals surface area contributed by atoms with Crippen molar-refractivity contribution in [2.45, 2.75) is 37.6 Å². The van der Waals surface area contributed by atoms with Crippen molar-refractivity contribution >= 4 is 34.0 Å². The largest absolute Gasteiger partial charge is 0.337 e. The average Bonchev–Trinajstić information content (AvgIpc) is 3.57. The molecule has 6 aromatic rings. The van der Waals surface area contributed by atoms with E-state index in [2.05, 4.69) is 187 Å².